The molecule has 4 rings (SSSR count). The van der Waals surface area contributed by atoms with Crippen LogP contribution in [0.3, 0.4) is 0 Å². The monoisotopic (exact) mass is 389 g/mol. The number of nitrogens with one attached hydrogen (secondary N) is 1. The van der Waals surface area contributed by atoms with Crippen LogP contribution in [0.2, 0.25) is 0 Å². The summed E-state index contributed by atoms with van der Waals surface area (Å²) in [7, 11) is 0. The molecular formula is C24H23NO4. The van der Waals surface area contributed by atoms with Crippen LogP contribution in [0.1, 0.15) is 35.3 Å². The summed E-state index contributed by atoms with van der Waals surface area (Å²) in [6.07, 6.45) is 0.864. The normalized spacial score (nSPS) is 14.0. The van der Waals surface area contributed by atoms with Crippen LogP contribution in [0.5, 0.6) is 17.2 Å². The van der Waals surface area contributed by atoms with E-state index in [1.165, 1.54) is 6.07 Å². The number of phenolic OH excluding ortho intramolecular Hbond substituents is 1. The van der Waals surface area contributed by atoms with Gasteiger partial charge in [0.25, 0.3) is 5.91 Å². The molecule has 0 saturated heterocycles. The predicted molar refractivity (Wildman–Crippen MR) is 112 cm³/mol. The summed E-state index contributed by atoms with van der Waals surface area (Å²) in [5.74, 6) is 1.42. The van der Waals surface area contributed by atoms with Crippen LogP contribution in [0.15, 0.2) is 66.7 Å². The van der Waals surface area contributed by atoms with Crippen molar-refractivity contribution in [2.45, 2.75) is 32.5 Å². The van der Waals surface area contributed by atoms with Crippen molar-refractivity contribution in [3.05, 3.63) is 83.4 Å². The molecule has 5 nitrogen and oxygen atoms in total. The van der Waals surface area contributed by atoms with E-state index < -0.39 is 0 Å². The molecule has 0 aliphatic carbocycles. The van der Waals surface area contributed by atoms with Crippen LogP contribution in [0.25, 0.3) is 0 Å². The van der Waals surface area contributed by atoms with Gasteiger partial charge in [-0.3, -0.25) is 4.79 Å². The Labute approximate surface area is 169 Å². The quantitative estimate of drug-likeness (QED) is 0.649. The Balaban J connectivity index is 1.40. The van der Waals surface area contributed by atoms with E-state index in [2.05, 4.69) is 25.2 Å². The summed E-state index contributed by atoms with van der Waals surface area (Å²) in [6, 6.07) is 19.7. The summed E-state index contributed by atoms with van der Waals surface area (Å²) >= 11 is 0. The molecule has 0 atom stereocenters. The summed E-state index contributed by atoms with van der Waals surface area (Å²) in [6.45, 7) is 4.52. The van der Waals surface area contributed by atoms with Crippen LogP contribution in [0.4, 0.5) is 5.69 Å². The molecule has 0 radical (unpaired) electrons. The lowest BCUT2D eigenvalue weighted by atomic mass is 10.0. The average molecular weight is 389 g/mol. The maximum atomic E-state index is 12.4. The lowest BCUT2D eigenvalue weighted by molar-refractivity contribution is 0.102. The topological polar surface area (TPSA) is 67.8 Å². The first kappa shape index (κ1) is 18.9. The zero-order valence-corrected chi connectivity index (χ0v) is 16.4. The minimum atomic E-state index is -0.237. The number of rotatable bonds is 5. The fourth-order valence-electron chi connectivity index (χ4n) is 3.40. The minimum Gasteiger partial charge on any atom is -0.508 e. The zero-order valence-electron chi connectivity index (χ0n) is 16.4. The summed E-state index contributed by atoms with van der Waals surface area (Å²) in [4.78, 5) is 12.4. The number of para-hydroxylation sites is 1. The number of phenols is 1. The Kier molecular flexibility index (Phi) is 4.89. The van der Waals surface area contributed by atoms with Gasteiger partial charge < -0.3 is 19.9 Å². The van der Waals surface area contributed by atoms with E-state index in [1.54, 1.807) is 30.3 Å². The second kappa shape index (κ2) is 7.51. The van der Waals surface area contributed by atoms with Crippen molar-refractivity contribution in [1.29, 1.82) is 0 Å². The maximum absolute atomic E-state index is 12.4. The van der Waals surface area contributed by atoms with Gasteiger partial charge in [-0.05, 0) is 49.7 Å². The predicted octanol–water partition coefficient (Wildman–Crippen LogP) is 4.94. The van der Waals surface area contributed by atoms with Gasteiger partial charge >= 0.3 is 0 Å². The van der Waals surface area contributed by atoms with Gasteiger partial charge in [0.15, 0.2) is 11.5 Å². The fourth-order valence-corrected chi connectivity index (χ4v) is 3.40. The molecular weight excluding hydrogens is 366 g/mol. The SMILES string of the molecule is CC1(C)Cc2cccc(OCc3ccc(C(=O)Nc4cccc(O)c4)cc3)c2O1. The summed E-state index contributed by atoms with van der Waals surface area (Å²) < 4.78 is 12.0. The maximum Gasteiger partial charge on any atom is 0.255 e. The summed E-state index contributed by atoms with van der Waals surface area (Å²) in [5, 5.41) is 12.3. The van der Waals surface area contributed by atoms with Crippen molar-refractivity contribution in [3.63, 3.8) is 0 Å². The molecule has 5 heteroatoms. The molecule has 29 heavy (non-hydrogen) atoms. The second-order valence-electron chi connectivity index (χ2n) is 7.77. The minimum absolute atomic E-state index is 0.107. The Morgan fingerprint density at radius 2 is 1.86 bits per heavy atom. The smallest absolute Gasteiger partial charge is 0.255 e. The lowest BCUT2D eigenvalue weighted by Crippen LogP contribution is -2.24. The number of aromatic hydroxyl groups is 1. The number of carbonyl (C=O) groups is 1. The molecule has 0 aromatic heterocycles. The van der Waals surface area contributed by atoms with Crippen molar-refractivity contribution in [2.75, 3.05) is 5.32 Å². The van der Waals surface area contributed by atoms with Gasteiger partial charge in [0.1, 0.15) is 18.0 Å². The Bertz CT molecular complexity index is 1040. The van der Waals surface area contributed by atoms with Crippen molar-refractivity contribution >= 4 is 11.6 Å². The average Bonchev–Trinajstić information content (AvgIpc) is 3.01. The third-order valence-corrected chi connectivity index (χ3v) is 4.77. The van der Waals surface area contributed by atoms with Crippen LogP contribution in [-0.4, -0.2) is 16.6 Å². The first-order valence-electron chi connectivity index (χ1n) is 9.53. The van der Waals surface area contributed by atoms with Gasteiger partial charge in [-0.1, -0.05) is 30.3 Å². The molecule has 2 N–H and O–H groups in total. The fraction of sp³-hybridized carbons (Fsp3) is 0.208. The van der Waals surface area contributed by atoms with Gasteiger partial charge in [-0.15, -0.1) is 0 Å². The number of anilines is 1. The van der Waals surface area contributed by atoms with E-state index in [0.717, 1.165) is 29.0 Å². The molecule has 3 aromatic rings. The second-order valence-corrected chi connectivity index (χ2v) is 7.77. The van der Waals surface area contributed by atoms with E-state index >= 15 is 0 Å². The van der Waals surface area contributed by atoms with Crippen LogP contribution < -0.4 is 14.8 Å². The highest BCUT2D eigenvalue weighted by atomic mass is 16.5. The number of carbonyl (C=O) groups excluding carboxylic acids is 1. The van der Waals surface area contributed by atoms with Crippen molar-refractivity contribution in [3.8, 4) is 17.2 Å². The molecule has 1 aliphatic rings. The van der Waals surface area contributed by atoms with Crippen molar-refractivity contribution in [1.82, 2.24) is 0 Å². The van der Waals surface area contributed by atoms with Crippen LogP contribution in [-0.2, 0) is 13.0 Å². The molecule has 0 unspecified atom stereocenters. The Morgan fingerprint density at radius 1 is 1.10 bits per heavy atom. The first-order chi connectivity index (χ1) is 13.9. The highest BCUT2D eigenvalue weighted by Gasteiger charge is 2.32. The summed E-state index contributed by atoms with van der Waals surface area (Å²) in [5.41, 5.74) is 2.97. The van der Waals surface area contributed by atoms with E-state index in [9.17, 15) is 9.90 Å². The number of hydrogen-bond donors (Lipinski definition) is 2. The molecule has 3 aromatic carbocycles. The molecule has 0 saturated carbocycles. The van der Waals surface area contributed by atoms with Crippen LogP contribution in [0, 0.1) is 0 Å². The highest BCUT2D eigenvalue weighted by molar-refractivity contribution is 6.04. The van der Waals surface area contributed by atoms with Gasteiger partial charge in [0.2, 0.25) is 0 Å². The standard InChI is InChI=1S/C24H23NO4/c1-24(2)14-18-5-3-8-21(22(18)29-24)28-15-16-9-11-17(12-10-16)23(27)25-19-6-4-7-20(26)13-19/h3-13,26H,14-15H2,1-2H3,(H,25,27). The largest absolute Gasteiger partial charge is 0.508 e. The molecule has 1 aliphatic heterocycles. The zero-order chi connectivity index (χ0) is 20.4. The molecule has 1 amide bonds. The molecule has 148 valence electrons. The van der Waals surface area contributed by atoms with Crippen molar-refractivity contribution in [2.24, 2.45) is 0 Å². The number of hydrogen-bond acceptors (Lipinski definition) is 4. The van der Waals surface area contributed by atoms with Gasteiger partial charge in [0.05, 0.1) is 0 Å². The number of benzene rings is 3. The first-order valence-corrected chi connectivity index (χ1v) is 9.53. The van der Waals surface area contributed by atoms with E-state index in [4.69, 9.17) is 9.47 Å². The van der Waals surface area contributed by atoms with Crippen molar-refractivity contribution < 1.29 is 19.4 Å². The van der Waals surface area contributed by atoms with Gasteiger partial charge in [-0.2, -0.15) is 0 Å². The Hall–Kier alpha value is -3.47. The highest BCUT2D eigenvalue weighted by Crippen LogP contribution is 2.41. The number of amides is 1. The molecule has 0 fully saturated rings. The van der Waals surface area contributed by atoms with E-state index in [0.29, 0.717) is 17.9 Å². The number of fused-ring (bicyclic) bond motifs is 1. The Morgan fingerprint density at radius 3 is 2.62 bits per heavy atom. The molecule has 1 heterocycles. The third kappa shape index (κ3) is 4.35. The van der Waals surface area contributed by atoms with Gasteiger partial charge in [0, 0.05) is 29.3 Å². The van der Waals surface area contributed by atoms with Crippen LogP contribution >= 0.6 is 0 Å². The number of ether oxygens (including phenoxy) is 2. The molecule has 0 bridgehead atoms. The third-order valence-electron chi connectivity index (χ3n) is 4.77. The van der Waals surface area contributed by atoms with E-state index in [-0.39, 0.29) is 17.3 Å². The molecule has 0 spiro atoms. The van der Waals surface area contributed by atoms with E-state index in [1.807, 2.05) is 24.3 Å². The lowest BCUT2D eigenvalue weighted by Gasteiger charge is -2.18. The van der Waals surface area contributed by atoms with Gasteiger partial charge in [-0.25, -0.2) is 0 Å².